The predicted molar refractivity (Wildman–Crippen MR) is 90.7 cm³/mol. The zero-order chi connectivity index (χ0) is 15.2. The molecule has 0 amide bonds. The van der Waals surface area contributed by atoms with Gasteiger partial charge >= 0.3 is 0 Å². The fraction of sp³-hybridized carbons (Fsp3) is 0.235. The van der Waals surface area contributed by atoms with E-state index in [1.807, 2.05) is 38.1 Å². The average Bonchev–Trinajstić information content (AvgIpc) is 2.46. The van der Waals surface area contributed by atoms with Gasteiger partial charge in [-0.1, -0.05) is 48.3 Å². The summed E-state index contributed by atoms with van der Waals surface area (Å²) in [5.41, 5.74) is 2.89. The number of halogens is 2. The molecule has 110 valence electrons. The molecule has 0 saturated heterocycles. The lowest BCUT2D eigenvalue weighted by Gasteiger charge is -2.09. The van der Waals surface area contributed by atoms with Gasteiger partial charge in [-0.25, -0.2) is 0 Å². The maximum atomic E-state index is 6.21. The SMILES string of the molecule is CCCOc1c(Cl)cc(C=Nc2ccccc2C)cc1Cl. The normalized spacial score (nSPS) is 11.0. The number of nitrogens with zero attached hydrogens (tertiary/aromatic N) is 1. The third-order valence-corrected chi connectivity index (χ3v) is 3.50. The van der Waals surface area contributed by atoms with E-state index in [9.17, 15) is 0 Å². The van der Waals surface area contributed by atoms with Crippen LogP contribution in [0.1, 0.15) is 24.5 Å². The smallest absolute Gasteiger partial charge is 0.156 e. The van der Waals surface area contributed by atoms with Gasteiger partial charge in [-0.05, 0) is 42.7 Å². The number of benzene rings is 2. The zero-order valence-electron chi connectivity index (χ0n) is 12.1. The van der Waals surface area contributed by atoms with Crippen LogP contribution in [0.3, 0.4) is 0 Å². The summed E-state index contributed by atoms with van der Waals surface area (Å²) in [6.07, 6.45) is 2.66. The highest BCUT2D eigenvalue weighted by Crippen LogP contribution is 2.34. The zero-order valence-corrected chi connectivity index (χ0v) is 13.6. The molecular formula is C17H17Cl2NO. The maximum absolute atomic E-state index is 6.21. The van der Waals surface area contributed by atoms with Crippen LogP contribution in [0.2, 0.25) is 10.0 Å². The lowest BCUT2D eigenvalue weighted by Crippen LogP contribution is -1.97. The second-order valence-corrected chi connectivity index (χ2v) is 5.52. The van der Waals surface area contributed by atoms with Gasteiger partial charge in [0.25, 0.3) is 0 Å². The van der Waals surface area contributed by atoms with E-state index in [0.29, 0.717) is 22.4 Å². The minimum Gasteiger partial charge on any atom is -0.490 e. The summed E-state index contributed by atoms with van der Waals surface area (Å²) in [7, 11) is 0. The number of para-hydroxylation sites is 1. The van der Waals surface area contributed by atoms with Gasteiger partial charge in [0.05, 0.1) is 22.3 Å². The molecule has 0 N–H and O–H groups in total. The van der Waals surface area contributed by atoms with Crippen molar-refractivity contribution in [3.05, 3.63) is 57.6 Å². The Labute approximate surface area is 135 Å². The minimum atomic E-state index is 0.502. The van der Waals surface area contributed by atoms with E-state index >= 15 is 0 Å². The van der Waals surface area contributed by atoms with Gasteiger partial charge in [0.2, 0.25) is 0 Å². The highest BCUT2D eigenvalue weighted by molar-refractivity contribution is 6.37. The first kappa shape index (κ1) is 15.9. The number of aliphatic imine (C=N–C) groups is 1. The van der Waals surface area contributed by atoms with Gasteiger partial charge in [-0.3, -0.25) is 4.99 Å². The molecule has 0 spiro atoms. The van der Waals surface area contributed by atoms with Crippen LogP contribution in [-0.2, 0) is 0 Å². The molecule has 0 aliphatic heterocycles. The molecule has 2 nitrogen and oxygen atoms in total. The van der Waals surface area contributed by atoms with Crippen molar-refractivity contribution in [3.63, 3.8) is 0 Å². The summed E-state index contributed by atoms with van der Waals surface area (Å²) >= 11 is 12.4. The fourth-order valence-corrected chi connectivity index (χ4v) is 2.46. The molecule has 0 radical (unpaired) electrons. The molecule has 0 unspecified atom stereocenters. The van der Waals surface area contributed by atoms with Gasteiger partial charge in [-0.2, -0.15) is 0 Å². The first-order chi connectivity index (χ1) is 10.1. The van der Waals surface area contributed by atoms with Gasteiger partial charge in [0, 0.05) is 6.21 Å². The van der Waals surface area contributed by atoms with Crippen LogP contribution in [0.25, 0.3) is 0 Å². The Balaban J connectivity index is 2.24. The summed E-state index contributed by atoms with van der Waals surface area (Å²) < 4.78 is 5.55. The molecular weight excluding hydrogens is 305 g/mol. The monoisotopic (exact) mass is 321 g/mol. The van der Waals surface area contributed by atoms with Crippen molar-refractivity contribution >= 4 is 35.1 Å². The van der Waals surface area contributed by atoms with E-state index in [4.69, 9.17) is 27.9 Å². The Bertz CT molecular complexity index is 630. The Morgan fingerprint density at radius 3 is 2.43 bits per heavy atom. The quantitative estimate of drug-likeness (QED) is 0.634. The number of rotatable bonds is 5. The molecule has 2 aromatic carbocycles. The number of ether oxygens (including phenoxy) is 1. The molecule has 2 aromatic rings. The van der Waals surface area contributed by atoms with Crippen LogP contribution >= 0.6 is 23.2 Å². The third-order valence-electron chi connectivity index (χ3n) is 2.94. The van der Waals surface area contributed by atoms with Gasteiger partial charge in [0.15, 0.2) is 5.75 Å². The van der Waals surface area contributed by atoms with E-state index in [1.165, 1.54) is 0 Å². The molecule has 0 aliphatic rings. The van der Waals surface area contributed by atoms with Crippen LogP contribution in [0.4, 0.5) is 5.69 Å². The van der Waals surface area contributed by atoms with E-state index < -0.39 is 0 Å². The van der Waals surface area contributed by atoms with Crippen LogP contribution in [0.15, 0.2) is 41.4 Å². The Hall–Kier alpha value is -1.51. The Morgan fingerprint density at radius 1 is 1.14 bits per heavy atom. The van der Waals surface area contributed by atoms with Crippen molar-refractivity contribution < 1.29 is 4.74 Å². The molecule has 0 heterocycles. The van der Waals surface area contributed by atoms with Crippen molar-refractivity contribution in [1.29, 1.82) is 0 Å². The van der Waals surface area contributed by atoms with E-state index in [-0.39, 0.29) is 0 Å². The first-order valence-electron chi connectivity index (χ1n) is 6.83. The van der Waals surface area contributed by atoms with Crippen molar-refractivity contribution in [2.45, 2.75) is 20.3 Å². The molecule has 0 fully saturated rings. The number of hydrogen-bond donors (Lipinski definition) is 0. The van der Waals surface area contributed by atoms with Crippen molar-refractivity contribution in [3.8, 4) is 5.75 Å². The summed E-state index contributed by atoms with van der Waals surface area (Å²) in [6, 6.07) is 11.5. The maximum Gasteiger partial charge on any atom is 0.156 e. The number of aryl methyl sites for hydroxylation is 1. The Morgan fingerprint density at radius 2 is 1.81 bits per heavy atom. The second-order valence-electron chi connectivity index (χ2n) is 4.71. The topological polar surface area (TPSA) is 21.6 Å². The fourth-order valence-electron chi connectivity index (χ4n) is 1.85. The largest absolute Gasteiger partial charge is 0.490 e. The van der Waals surface area contributed by atoms with Crippen molar-refractivity contribution in [1.82, 2.24) is 0 Å². The first-order valence-corrected chi connectivity index (χ1v) is 7.59. The molecule has 0 aromatic heterocycles. The molecule has 0 saturated carbocycles. The molecule has 21 heavy (non-hydrogen) atoms. The standard InChI is InChI=1S/C17H17Cl2NO/c1-3-8-21-17-14(18)9-13(10-15(17)19)11-20-16-7-5-4-6-12(16)2/h4-7,9-11H,3,8H2,1-2H3. The molecule has 0 atom stereocenters. The van der Waals surface area contributed by atoms with E-state index in [0.717, 1.165) is 23.2 Å². The minimum absolute atomic E-state index is 0.502. The summed E-state index contributed by atoms with van der Waals surface area (Å²) in [4.78, 5) is 4.47. The van der Waals surface area contributed by atoms with Gasteiger partial charge in [0.1, 0.15) is 0 Å². The van der Waals surface area contributed by atoms with Gasteiger partial charge in [-0.15, -0.1) is 0 Å². The Kier molecular flexibility index (Phi) is 5.66. The molecule has 4 heteroatoms. The third kappa shape index (κ3) is 4.23. The predicted octanol–water partition coefficient (Wildman–Crippen LogP) is 5.84. The van der Waals surface area contributed by atoms with Crippen molar-refractivity contribution in [2.24, 2.45) is 4.99 Å². The summed E-state index contributed by atoms with van der Waals surface area (Å²) in [5, 5.41) is 1.00. The average molecular weight is 322 g/mol. The molecule has 2 rings (SSSR count). The van der Waals surface area contributed by atoms with Crippen LogP contribution < -0.4 is 4.74 Å². The summed E-state index contributed by atoms with van der Waals surface area (Å²) in [5.74, 6) is 0.535. The van der Waals surface area contributed by atoms with Gasteiger partial charge < -0.3 is 4.74 Å². The van der Waals surface area contributed by atoms with Crippen molar-refractivity contribution in [2.75, 3.05) is 6.61 Å². The van der Waals surface area contributed by atoms with E-state index in [1.54, 1.807) is 18.3 Å². The second kappa shape index (κ2) is 7.48. The number of hydrogen-bond acceptors (Lipinski definition) is 2. The summed E-state index contributed by atoms with van der Waals surface area (Å²) in [6.45, 7) is 4.65. The lowest BCUT2D eigenvalue weighted by atomic mass is 10.2. The highest BCUT2D eigenvalue weighted by Gasteiger charge is 2.08. The van der Waals surface area contributed by atoms with Crippen LogP contribution in [-0.4, -0.2) is 12.8 Å². The molecule has 0 aliphatic carbocycles. The highest BCUT2D eigenvalue weighted by atomic mass is 35.5. The van der Waals surface area contributed by atoms with Crippen LogP contribution in [0, 0.1) is 6.92 Å². The lowest BCUT2D eigenvalue weighted by molar-refractivity contribution is 0.318. The van der Waals surface area contributed by atoms with E-state index in [2.05, 4.69) is 4.99 Å². The van der Waals surface area contributed by atoms with Crippen LogP contribution in [0.5, 0.6) is 5.75 Å². The molecule has 0 bridgehead atoms.